The van der Waals surface area contributed by atoms with Crippen LogP contribution in [0.25, 0.3) is 39.3 Å². The average Bonchev–Trinajstić information content (AvgIpc) is 3.49. The van der Waals surface area contributed by atoms with E-state index in [0.29, 0.717) is 28.4 Å². The number of hydrogen-bond donors (Lipinski definition) is 3. The number of H-pyrrole nitrogens is 2. The first-order valence-corrected chi connectivity index (χ1v) is 12.7. The topological polar surface area (TPSA) is 142 Å². The van der Waals surface area contributed by atoms with Gasteiger partial charge in [0.25, 0.3) is 0 Å². The predicted octanol–water partition coefficient (Wildman–Crippen LogP) is 4.02. The lowest BCUT2D eigenvalue weighted by Crippen LogP contribution is -2.09. The molecule has 0 aliphatic carbocycles. The van der Waals surface area contributed by atoms with Crippen molar-refractivity contribution >= 4 is 32.3 Å². The van der Waals surface area contributed by atoms with Gasteiger partial charge in [0.2, 0.25) is 10.0 Å². The number of fused-ring (bicyclic) bond motifs is 1. The first kappa shape index (κ1) is 22.4. The van der Waals surface area contributed by atoms with Crippen molar-refractivity contribution in [3.8, 4) is 22.6 Å². The second-order valence-electron chi connectivity index (χ2n) is 7.94. The van der Waals surface area contributed by atoms with E-state index in [1.807, 2.05) is 18.2 Å². The lowest BCUT2D eigenvalue weighted by atomic mass is 10.0. The molecule has 35 heavy (non-hydrogen) atoms. The van der Waals surface area contributed by atoms with Gasteiger partial charge in [-0.15, -0.1) is 0 Å². The Kier molecular flexibility index (Phi) is 5.83. The lowest BCUT2D eigenvalue weighted by molar-refractivity contribution is 0.607. The molecule has 0 bridgehead atoms. The molecule has 5 rings (SSSR count). The Morgan fingerprint density at radius 2 is 1.83 bits per heavy atom. The van der Waals surface area contributed by atoms with Gasteiger partial charge >= 0.3 is 0 Å². The van der Waals surface area contributed by atoms with Crippen LogP contribution in [0.1, 0.15) is 24.6 Å². The Bertz CT molecular complexity index is 1640. The molecule has 176 valence electrons. The Morgan fingerprint density at radius 1 is 1.03 bits per heavy atom. The number of aromatic amines is 2. The number of aromatic nitrogens is 7. The van der Waals surface area contributed by atoms with Crippen LogP contribution in [-0.4, -0.2) is 49.8 Å². The van der Waals surface area contributed by atoms with Gasteiger partial charge < -0.3 is 4.98 Å². The number of sulfonamides is 1. The van der Waals surface area contributed by atoms with Gasteiger partial charge in [0.1, 0.15) is 5.69 Å². The van der Waals surface area contributed by atoms with Crippen LogP contribution in [0.2, 0.25) is 0 Å². The number of anilines is 1. The van der Waals surface area contributed by atoms with E-state index in [1.54, 1.807) is 37.1 Å². The summed E-state index contributed by atoms with van der Waals surface area (Å²) >= 11 is 0. The molecular formula is C24H22N8O2S. The Balaban J connectivity index is 1.53. The van der Waals surface area contributed by atoms with Gasteiger partial charge in [-0.3, -0.25) is 19.8 Å². The minimum Gasteiger partial charge on any atom is -0.337 e. The fourth-order valence-electron chi connectivity index (χ4n) is 3.81. The molecule has 0 saturated heterocycles. The van der Waals surface area contributed by atoms with Crippen LogP contribution < -0.4 is 4.72 Å². The van der Waals surface area contributed by atoms with Crippen molar-refractivity contribution in [1.82, 2.24) is 35.1 Å². The van der Waals surface area contributed by atoms with Gasteiger partial charge in [0.05, 0.1) is 35.4 Å². The van der Waals surface area contributed by atoms with Gasteiger partial charge in [0, 0.05) is 41.5 Å². The molecule has 0 atom stereocenters. The van der Waals surface area contributed by atoms with E-state index in [4.69, 9.17) is 0 Å². The maximum absolute atomic E-state index is 11.6. The van der Waals surface area contributed by atoms with Crippen molar-refractivity contribution in [3.63, 3.8) is 0 Å². The van der Waals surface area contributed by atoms with E-state index in [9.17, 15) is 8.42 Å². The summed E-state index contributed by atoms with van der Waals surface area (Å²) in [5.74, 6) is 0.628. The molecule has 0 aliphatic heterocycles. The van der Waals surface area contributed by atoms with Crippen LogP contribution in [0.3, 0.4) is 0 Å². The van der Waals surface area contributed by atoms with Crippen LogP contribution in [0.5, 0.6) is 0 Å². The predicted molar refractivity (Wildman–Crippen MR) is 135 cm³/mol. The monoisotopic (exact) mass is 486 g/mol. The smallest absolute Gasteiger partial charge is 0.229 e. The zero-order valence-corrected chi connectivity index (χ0v) is 19.8. The van der Waals surface area contributed by atoms with Crippen molar-refractivity contribution in [2.24, 2.45) is 0 Å². The summed E-state index contributed by atoms with van der Waals surface area (Å²) in [5.41, 5.74) is 6.06. The highest BCUT2D eigenvalue weighted by atomic mass is 32.2. The minimum atomic E-state index is -3.41. The Morgan fingerprint density at radius 3 is 2.60 bits per heavy atom. The molecule has 0 radical (unpaired) electrons. The van der Waals surface area contributed by atoms with Gasteiger partial charge in [-0.1, -0.05) is 13.0 Å². The van der Waals surface area contributed by atoms with Crippen molar-refractivity contribution in [3.05, 3.63) is 78.8 Å². The second kappa shape index (κ2) is 9.11. The summed E-state index contributed by atoms with van der Waals surface area (Å²) in [7, 11) is -3.41. The van der Waals surface area contributed by atoms with Gasteiger partial charge in [0.15, 0.2) is 11.5 Å². The molecule has 0 unspecified atom stereocenters. The maximum Gasteiger partial charge on any atom is 0.229 e. The molecular weight excluding hydrogens is 464 g/mol. The zero-order valence-electron chi connectivity index (χ0n) is 19.0. The van der Waals surface area contributed by atoms with E-state index in [0.717, 1.165) is 40.5 Å². The number of rotatable bonds is 7. The summed E-state index contributed by atoms with van der Waals surface area (Å²) in [6.45, 7) is 2.09. The van der Waals surface area contributed by atoms with Crippen molar-refractivity contribution in [2.75, 3.05) is 11.0 Å². The zero-order chi connectivity index (χ0) is 24.4. The van der Waals surface area contributed by atoms with E-state index in [1.165, 1.54) is 6.20 Å². The summed E-state index contributed by atoms with van der Waals surface area (Å²) in [6.07, 6.45) is 14.2. The molecule has 5 heterocycles. The molecule has 11 heteroatoms. The molecule has 0 aromatic carbocycles. The number of allylic oxidation sites excluding steroid dienone is 1. The SMILES string of the molecule is CC/C=C(/c1ccncc1)c1cnc(-c2[nH]nc3ncc(-c4cncc(NS(C)(=O)=O)c4)cc23)[nH]1. The number of imidazole rings is 1. The van der Waals surface area contributed by atoms with Crippen LogP contribution in [0.4, 0.5) is 5.69 Å². The van der Waals surface area contributed by atoms with Gasteiger partial charge in [-0.05, 0) is 36.2 Å². The third kappa shape index (κ3) is 4.80. The lowest BCUT2D eigenvalue weighted by Gasteiger charge is -2.06. The summed E-state index contributed by atoms with van der Waals surface area (Å²) in [6, 6.07) is 7.56. The molecule has 5 aromatic heterocycles. The summed E-state index contributed by atoms with van der Waals surface area (Å²) < 4.78 is 25.6. The van der Waals surface area contributed by atoms with Crippen LogP contribution in [0.15, 0.2) is 67.5 Å². The minimum absolute atomic E-state index is 0.375. The Labute approximate surface area is 201 Å². The first-order valence-electron chi connectivity index (χ1n) is 10.8. The molecule has 0 spiro atoms. The molecule has 0 aliphatic rings. The van der Waals surface area contributed by atoms with Crippen molar-refractivity contribution < 1.29 is 8.42 Å². The van der Waals surface area contributed by atoms with E-state index in [2.05, 4.69) is 52.8 Å². The van der Waals surface area contributed by atoms with E-state index >= 15 is 0 Å². The van der Waals surface area contributed by atoms with Crippen LogP contribution >= 0.6 is 0 Å². The third-order valence-electron chi connectivity index (χ3n) is 5.29. The average molecular weight is 487 g/mol. The fraction of sp³-hybridized carbons (Fsp3) is 0.125. The molecule has 5 aromatic rings. The maximum atomic E-state index is 11.6. The van der Waals surface area contributed by atoms with E-state index < -0.39 is 10.0 Å². The first-order chi connectivity index (χ1) is 16.9. The van der Waals surface area contributed by atoms with E-state index in [-0.39, 0.29) is 0 Å². The highest BCUT2D eigenvalue weighted by Gasteiger charge is 2.16. The molecule has 0 saturated carbocycles. The normalized spacial score (nSPS) is 12.2. The molecule has 0 fully saturated rings. The fourth-order valence-corrected chi connectivity index (χ4v) is 4.35. The molecule has 3 N–H and O–H groups in total. The molecule has 10 nitrogen and oxygen atoms in total. The highest BCUT2D eigenvalue weighted by molar-refractivity contribution is 7.92. The van der Waals surface area contributed by atoms with Gasteiger partial charge in [-0.25, -0.2) is 18.4 Å². The highest BCUT2D eigenvalue weighted by Crippen LogP contribution is 2.30. The van der Waals surface area contributed by atoms with Gasteiger partial charge in [-0.2, -0.15) is 5.10 Å². The Hall–Kier alpha value is -4.38. The van der Waals surface area contributed by atoms with Crippen molar-refractivity contribution in [1.29, 1.82) is 0 Å². The number of hydrogen-bond acceptors (Lipinski definition) is 7. The second-order valence-corrected chi connectivity index (χ2v) is 9.69. The summed E-state index contributed by atoms with van der Waals surface area (Å²) in [4.78, 5) is 20.7. The number of nitrogens with zero attached hydrogens (tertiary/aromatic N) is 5. The largest absolute Gasteiger partial charge is 0.337 e. The molecule has 0 amide bonds. The van der Waals surface area contributed by atoms with Crippen LogP contribution in [0, 0.1) is 0 Å². The third-order valence-corrected chi connectivity index (χ3v) is 5.89. The quantitative estimate of drug-likeness (QED) is 0.315. The summed E-state index contributed by atoms with van der Waals surface area (Å²) in [5, 5.41) is 8.12. The van der Waals surface area contributed by atoms with Crippen LogP contribution in [-0.2, 0) is 10.0 Å². The number of pyridine rings is 3. The standard InChI is InChI=1S/C24H22N8O2S/c1-3-4-19(15-5-7-25-8-6-15)21-14-28-24(29-21)22-20-10-17(12-27-23(20)31-30-22)16-9-18(13-26-11-16)32-35(2,33)34/h4-14,32H,3H2,1-2H3,(H,28,29)(H,27,30,31)/b19-4-. The van der Waals surface area contributed by atoms with Crippen molar-refractivity contribution in [2.45, 2.75) is 13.3 Å². The number of nitrogens with one attached hydrogen (secondary N) is 3.